The average molecular weight is 203 g/mol. The predicted molar refractivity (Wildman–Crippen MR) is 53.4 cm³/mol. The van der Waals surface area contributed by atoms with Gasteiger partial charge in [0.15, 0.2) is 5.82 Å². The summed E-state index contributed by atoms with van der Waals surface area (Å²) in [5.74, 6) is -0.753. The van der Waals surface area contributed by atoms with E-state index in [1.165, 1.54) is 4.68 Å². The molecule has 0 aliphatic heterocycles. The number of aromatic nitrogens is 3. The van der Waals surface area contributed by atoms with Gasteiger partial charge in [-0.05, 0) is 0 Å². The lowest BCUT2D eigenvalue weighted by molar-refractivity contribution is 0.0683. The minimum absolute atomic E-state index is 0.184. The Morgan fingerprint density at radius 1 is 1.33 bits per heavy atom. The smallest absolute Gasteiger partial charge is 0.375 e. The zero-order valence-corrected chi connectivity index (χ0v) is 8.08. The molecule has 0 bridgehead atoms. The summed E-state index contributed by atoms with van der Waals surface area (Å²) in [5, 5.41) is 12.5. The van der Waals surface area contributed by atoms with Gasteiger partial charge < -0.3 is 5.11 Å². The standard InChI is InChI=1S/C10H9N3O2/c1-13-9(7-5-3-2-4-6-7)11-8(12-13)10(14)15/h2-6H,1H3,(H,14,15). The molecule has 0 saturated heterocycles. The van der Waals surface area contributed by atoms with Gasteiger partial charge in [-0.25, -0.2) is 14.5 Å². The van der Waals surface area contributed by atoms with Gasteiger partial charge >= 0.3 is 5.97 Å². The van der Waals surface area contributed by atoms with E-state index in [1.54, 1.807) is 7.05 Å². The van der Waals surface area contributed by atoms with E-state index in [1.807, 2.05) is 30.3 Å². The molecule has 2 rings (SSSR count). The Labute approximate surface area is 86.0 Å². The molecule has 0 amide bonds. The highest BCUT2D eigenvalue weighted by molar-refractivity contribution is 5.83. The van der Waals surface area contributed by atoms with Crippen LogP contribution < -0.4 is 0 Å². The quantitative estimate of drug-likeness (QED) is 0.795. The third-order valence-electron chi connectivity index (χ3n) is 1.99. The maximum absolute atomic E-state index is 10.7. The second-order valence-corrected chi connectivity index (χ2v) is 3.05. The fourth-order valence-electron chi connectivity index (χ4n) is 1.31. The number of aromatic carboxylic acids is 1. The molecule has 1 aromatic carbocycles. The number of rotatable bonds is 2. The van der Waals surface area contributed by atoms with E-state index in [2.05, 4.69) is 10.1 Å². The molecule has 0 saturated carbocycles. The number of hydrogen-bond acceptors (Lipinski definition) is 3. The van der Waals surface area contributed by atoms with Crippen LogP contribution in [0.4, 0.5) is 0 Å². The van der Waals surface area contributed by atoms with Gasteiger partial charge in [0.1, 0.15) is 0 Å². The summed E-state index contributed by atoms with van der Waals surface area (Å²) in [6.07, 6.45) is 0. The summed E-state index contributed by atoms with van der Waals surface area (Å²) < 4.78 is 1.46. The first-order valence-corrected chi connectivity index (χ1v) is 4.38. The van der Waals surface area contributed by atoms with Crippen LogP contribution in [0.15, 0.2) is 30.3 Å². The lowest BCUT2D eigenvalue weighted by Crippen LogP contribution is -2.00. The molecule has 0 unspecified atom stereocenters. The summed E-state index contributed by atoms with van der Waals surface area (Å²) in [6.45, 7) is 0. The first-order valence-electron chi connectivity index (χ1n) is 4.38. The topological polar surface area (TPSA) is 68.0 Å². The predicted octanol–water partition coefficient (Wildman–Crippen LogP) is 1.18. The Kier molecular flexibility index (Phi) is 2.21. The molecule has 0 spiro atoms. The van der Waals surface area contributed by atoms with Crippen molar-refractivity contribution >= 4 is 5.97 Å². The highest BCUT2D eigenvalue weighted by Crippen LogP contribution is 2.15. The molecule has 0 radical (unpaired) electrons. The molecule has 1 N–H and O–H groups in total. The summed E-state index contributed by atoms with van der Waals surface area (Å²) in [4.78, 5) is 14.6. The van der Waals surface area contributed by atoms with Crippen LogP contribution >= 0.6 is 0 Å². The minimum atomic E-state index is -1.12. The third kappa shape index (κ3) is 1.71. The SMILES string of the molecule is Cn1nc(C(=O)O)nc1-c1ccccc1. The van der Waals surface area contributed by atoms with Gasteiger partial charge in [-0.1, -0.05) is 30.3 Å². The Morgan fingerprint density at radius 2 is 2.00 bits per heavy atom. The van der Waals surface area contributed by atoms with E-state index < -0.39 is 5.97 Å². The molecule has 5 heteroatoms. The van der Waals surface area contributed by atoms with Gasteiger partial charge in [-0.15, -0.1) is 5.10 Å². The van der Waals surface area contributed by atoms with Crippen molar-refractivity contribution in [1.29, 1.82) is 0 Å². The van der Waals surface area contributed by atoms with Crippen molar-refractivity contribution in [2.24, 2.45) is 7.05 Å². The van der Waals surface area contributed by atoms with Crippen molar-refractivity contribution in [2.45, 2.75) is 0 Å². The fourth-order valence-corrected chi connectivity index (χ4v) is 1.31. The van der Waals surface area contributed by atoms with Gasteiger partial charge in [0.25, 0.3) is 5.82 Å². The largest absolute Gasteiger partial charge is 0.475 e. The van der Waals surface area contributed by atoms with Crippen LogP contribution in [0.1, 0.15) is 10.6 Å². The van der Waals surface area contributed by atoms with Gasteiger partial charge in [-0.2, -0.15) is 0 Å². The molecule has 1 heterocycles. The van der Waals surface area contributed by atoms with Gasteiger partial charge in [0.2, 0.25) is 0 Å². The monoisotopic (exact) mass is 203 g/mol. The van der Waals surface area contributed by atoms with E-state index >= 15 is 0 Å². The summed E-state index contributed by atoms with van der Waals surface area (Å²) in [5.41, 5.74) is 0.847. The fraction of sp³-hybridized carbons (Fsp3) is 0.100. The highest BCUT2D eigenvalue weighted by atomic mass is 16.4. The van der Waals surface area contributed by atoms with Crippen LogP contribution in [-0.2, 0) is 7.05 Å². The molecular formula is C10H9N3O2. The minimum Gasteiger partial charge on any atom is -0.475 e. The normalized spacial score (nSPS) is 10.2. The zero-order valence-electron chi connectivity index (χ0n) is 8.08. The number of benzene rings is 1. The Morgan fingerprint density at radius 3 is 2.53 bits per heavy atom. The van der Waals surface area contributed by atoms with Crippen molar-refractivity contribution in [1.82, 2.24) is 14.8 Å². The molecule has 0 fully saturated rings. The van der Waals surface area contributed by atoms with Crippen LogP contribution in [0.3, 0.4) is 0 Å². The van der Waals surface area contributed by atoms with E-state index in [9.17, 15) is 4.79 Å². The second-order valence-electron chi connectivity index (χ2n) is 3.05. The molecular weight excluding hydrogens is 194 g/mol. The van der Waals surface area contributed by atoms with E-state index in [0.717, 1.165) is 5.56 Å². The first kappa shape index (κ1) is 9.39. The maximum atomic E-state index is 10.7. The first-order chi connectivity index (χ1) is 7.18. The lowest BCUT2D eigenvalue weighted by atomic mass is 10.2. The molecule has 2 aromatic rings. The molecule has 1 aromatic heterocycles. The van der Waals surface area contributed by atoms with Crippen LogP contribution in [0.2, 0.25) is 0 Å². The van der Waals surface area contributed by atoms with E-state index in [4.69, 9.17) is 5.11 Å². The molecule has 0 aliphatic carbocycles. The van der Waals surface area contributed by atoms with Gasteiger partial charge in [-0.3, -0.25) is 0 Å². The van der Waals surface area contributed by atoms with E-state index in [0.29, 0.717) is 5.82 Å². The molecule has 0 atom stereocenters. The molecule has 5 nitrogen and oxygen atoms in total. The third-order valence-corrected chi connectivity index (χ3v) is 1.99. The second kappa shape index (κ2) is 3.53. The molecule has 76 valence electrons. The van der Waals surface area contributed by atoms with Crippen molar-refractivity contribution in [3.8, 4) is 11.4 Å². The van der Waals surface area contributed by atoms with Crippen LogP contribution in [0.5, 0.6) is 0 Å². The Hall–Kier alpha value is -2.17. The lowest BCUT2D eigenvalue weighted by Gasteiger charge is -1.97. The van der Waals surface area contributed by atoms with Crippen molar-refractivity contribution in [3.63, 3.8) is 0 Å². The van der Waals surface area contributed by atoms with Gasteiger partial charge in [0, 0.05) is 12.6 Å². The number of carboxylic acid groups (broad SMARTS) is 1. The Balaban J connectivity index is 2.50. The number of carboxylic acids is 1. The number of aryl methyl sites for hydroxylation is 1. The number of nitrogens with zero attached hydrogens (tertiary/aromatic N) is 3. The average Bonchev–Trinajstić information content (AvgIpc) is 2.62. The molecule has 15 heavy (non-hydrogen) atoms. The summed E-state index contributed by atoms with van der Waals surface area (Å²) in [7, 11) is 1.67. The summed E-state index contributed by atoms with van der Waals surface area (Å²) >= 11 is 0. The highest BCUT2D eigenvalue weighted by Gasteiger charge is 2.13. The Bertz CT molecular complexity index is 491. The van der Waals surface area contributed by atoms with E-state index in [-0.39, 0.29) is 5.82 Å². The maximum Gasteiger partial charge on any atom is 0.375 e. The molecule has 0 aliphatic rings. The van der Waals surface area contributed by atoms with Crippen molar-refractivity contribution in [3.05, 3.63) is 36.2 Å². The van der Waals surface area contributed by atoms with Crippen LogP contribution in [0.25, 0.3) is 11.4 Å². The number of carbonyl (C=O) groups is 1. The number of hydrogen-bond donors (Lipinski definition) is 1. The van der Waals surface area contributed by atoms with Crippen molar-refractivity contribution < 1.29 is 9.90 Å². The summed E-state index contributed by atoms with van der Waals surface area (Å²) in [6, 6.07) is 9.33. The van der Waals surface area contributed by atoms with Crippen molar-refractivity contribution in [2.75, 3.05) is 0 Å². The zero-order chi connectivity index (χ0) is 10.8. The van der Waals surface area contributed by atoms with Gasteiger partial charge in [0.05, 0.1) is 0 Å². The van der Waals surface area contributed by atoms with Crippen LogP contribution in [0, 0.1) is 0 Å². The van der Waals surface area contributed by atoms with Crippen LogP contribution in [-0.4, -0.2) is 25.8 Å².